The molecule has 2 aliphatic heterocycles. The minimum atomic E-state index is -2.50. The van der Waals surface area contributed by atoms with Gasteiger partial charge in [-0.1, -0.05) is 50.1 Å². The van der Waals surface area contributed by atoms with E-state index in [2.05, 4.69) is 12.7 Å². The maximum atomic E-state index is 13.7. The molecule has 0 aromatic rings. The average molecular weight is 806 g/mol. The van der Waals surface area contributed by atoms with Crippen molar-refractivity contribution in [3.05, 3.63) is 36.0 Å². The summed E-state index contributed by atoms with van der Waals surface area (Å²) in [5.41, 5.74) is 2.12. The predicted molar refractivity (Wildman–Crippen MR) is 215 cm³/mol. The van der Waals surface area contributed by atoms with E-state index in [9.17, 15) is 39.6 Å². The molecule has 1 saturated carbocycles. The Morgan fingerprint density at radius 2 is 1.65 bits per heavy atom. The molecule has 2 saturated heterocycles. The molecule has 0 unspecified atom stereocenters. The van der Waals surface area contributed by atoms with E-state index in [0.29, 0.717) is 50.9 Å². The fraction of sp³-hybridized carbons (Fsp3) is 0.773. The Balaban J connectivity index is 1.64. The predicted octanol–water partition coefficient (Wildman–Crippen LogP) is 5.19. The highest BCUT2D eigenvalue weighted by Gasteiger charge is 2.56. The molecule has 0 aromatic heterocycles. The molecule has 2 heterocycles. The number of carbonyl (C=O) groups is 4. The Kier molecular flexibility index (Phi) is 19.2. The zero-order valence-corrected chi connectivity index (χ0v) is 35.6. The maximum Gasteiger partial charge on any atom is 0.326 e. The molecule has 13 atom stereocenters. The highest BCUT2D eigenvalue weighted by Crippen LogP contribution is 2.39. The number of aliphatic hydroxyl groups is 3. The van der Waals surface area contributed by atoms with Crippen molar-refractivity contribution in [2.45, 2.75) is 160 Å². The second-order valence-corrected chi connectivity index (χ2v) is 17.2. The molecular formula is C44H71NO12. The third kappa shape index (κ3) is 13.1. The van der Waals surface area contributed by atoms with Crippen LogP contribution in [0.5, 0.6) is 0 Å². The number of rotatable bonds is 21. The average Bonchev–Trinajstić information content (AvgIpc) is 3.17. The fourth-order valence-electron chi connectivity index (χ4n) is 9.08. The van der Waals surface area contributed by atoms with Gasteiger partial charge in [-0.15, -0.1) is 6.58 Å². The third-order valence-electron chi connectivity index (χ3n) is 12.4. The number of carboxylic acids is 1. The van der Waals surface area contributed by atoms with E-state index >= 15 is 0 Å². The lowest BCUT2D eigenvalue weighted by atomic mass is 9.82. The van der Waals surface area contributed by atoms with E-state index < -0.39 is 71.8 Å². The highest BCUT2D eigenvalue weighted by molar-refractivity contribution is 6.39. The van der Waals surface area contributed by atoms with Crippen LogP contribution in [0.15, 0.2) is 36.0 Å². The SMILES string of the molecule is C=CC[C@H](/C=C(\C)C[C@H](C)C[C@H](OC)[C@H]1O[C@@](O)(C(=O)C(=O)N2CCCC[C@H]2C(=O)O)[C@H](C)C[C@@H]1OC)C(=O)C[C@H](O)[C@@H](C)C/C(C)=C/[C@@H]1CC[C@@H](O)[C@H](OC)C1. The summed E-state index contributed by atoms with van der Waals surface area (Å²) in [7, 11) is 4.64. The Labute approximate surface area is 339 Å². The summed E-state index contributed by atoms with van der Waals surface area (Å²) >= 11 is 0. The van der Waals surface area contributed by atoms with Gasteiger partial charge >= 0.3 is 5.97 Å². The second-order valence-electron chi connectivity index (χ2n) is 17.2. The van der Waals surface area contributed by atoms with Crippen LogP contribution in [0.25, 0.3) is 0 Å². The smallest absolute Gasteiger partial charge is 0.326 e. The number of hydrogen-bond acceptors (Lipinski definition) is 11. The van der Waals surface area contributed by atoms with Gasteiger partial charge in [0.05, 0.1) is 30.5 Å². The molecule has 3 fully saturated rings. The Bertz CT molecular complexity index is 1430. The van der Waals surface area contributed by atoms with Crippen molar-refractivity contribution in [3.8, 4) is 0 Å². The molecule has 0 aromatic carbocycles. The van der Waals surface area contributed by atoms with Crippen LogP contribution in [-0.2, 0) is 38.1 Å². The summed E-state index contributed by atoms with van der Waals surface area (Å²) in [6.07, 6.45) is 8.38. The molecule has 3 rings (SSSR count). The number of ether oxygens (including phenoxy) is 4. The lowest BCUT2D eigenvalue weighted by Gasteiger charge is -2.47. The number of carbonyl (C=O) groups excluding carboxylic acids is 3. The van der Waals surface area contributed by atoms with Crippen molar-refractivity contribution in [3.63, 3.8) is 0 Å². The zero-order chi connectivity index (χ0) is 42.6. The number of carboxylic acid groups (broad SMARTS) is 1. The fourth-order valence-corrected chi connectivity index (χ4v) is 9.08. The van der Waals surface area contributed by atoms with E-state index in [1.54, 1.807) is 20.1 Å². The van der Waals surface area contributed by atoms with Crippen LogP contribution >= 0.6 is 0 Å². The first-order valence-electron chi connectivity index (χ1n) is 20.8. The normalized spacial score (nSPS) is 31.5. The zero-order valence-electron chi connectivity index (χ0n) is 35.6. The van der Waals surface area contributed by atoms with Gasteiger partial charge in [-0.3, -0.25) is 14.4 Å². The van der Waals surface area contributed by atoms with Gasteiger partial charge in [0, 0.05) is 46.1 Å². The minimum Gasteiger partial charge on any atom is -0.480 e. The van der Waals surface area contributed by atoms with Crippen molar-refractivity contribution in [2.24, 2.45) is 29.6 Å². The van der Waals surface area contributed by atoms with Crippen molar-refractivity contribution < 1.29 is 58.6 Å². The molecule has 0 bridgehead atoms. The molecule has 324 valence electrons. The van der Waals surface area contributed by atoms with E-state index in [4.69, 9.17) is 18.9 Å². The van der Waals surface area contributed by atoms with Crippen molar-refractivity contribution in [1.29, 1.82) is 0 Å². The van der Waals surface area contributed by atoms with Crippen LogP contribution in [0, 0.1) is 29.6 Å². The standard InChI is InChI=1S/C44H71NO12/c1-10-13-32(36(48)25-35(47)29(5)19-28(4)20-31-15-16-34(46)37(24-31)54-7)21-26(2)18-27(3)22-38(55-8)40-39(56-9)23-30(6)44(53,57-40)41(49)42(50)45-17-12-11-14-33(45)43(51)52/h10,20-21,27,29-35,37-40,46-47,53H,1,11-19,22-25H2,2-9H3,(H,51,52)/b26-21+,28-20+/t27-,29-,30+,31-,32+,33-,34+,35-,37+,38-,39-,40+,44+/m0/s1. The van der Waals surface area contributed by atoms with Crippen LogP contribution in [-0.4, -0.2) is 125 Å². The number of ketones is 2. The molecular weight excluding hydrogens is 734 g/mol. The lowest BCUT2D eigenvalue weighted by molar-refractivity contribution is -0.302. The number of aliphatic carboxylic acids is 1. The number of allylic oxidation sites excluding steroid dienone is 5. The van der Waals surface area contributed by atoms with Gasteiger partial charge in [-0.25, -0.2) is 4.79 Å². The molecule has 1 aliphatic carbocycles. The molecule has 4 N–H and O–H groups in total. The number of aliphatic hydroxyl groups excluding tert-OH is 2. The van der Waals surface area contributed by atoms with Crippen molar-refractivity contribution >= 4 is 23.4 Å². The minimum absolute atomic E-state index is 0.00629. The van der Waals surface area contributed by atoms with E-state index in [-0.39, 0.29) is 49.5 Å². The summed E-state index contributed by atoms with van der Waals surface area (Å²) in [6, 6.07) is -1.15. The monoisotopic (exact) mass is 805 g/mol. The number of methoxy groups -OCH3 is 3. The molecule has 1 amide bonds. The first-order chi connectivity index (χ1) is 26.9. The number of hydrogen-bond donors (Lipinski definition) is 4. The topological polar surface area (TPSA) is 189 Å². The summed E-state index contributed by atoms with van der Waals surface area (Å²) in [5.74, 6) is -7.15. The Morgan fingerprint density at radius 1 is 0.965 bits per heavy atom. The Hall–Kier alpha value is -2.78. The van der Waals surface area contributed by atoms with Crippen LogP contribution in [0.4, 0.5) is 0 Å². The quantitative estimate of drug-likeness (QED) is 0.0880. The summed E-state index contributed by atoms with van der Waals surface area (Å²) < 4.78 is 23.2. The second kappa shape index (κ2) is 22.6. The maximum absolute atomic E-state index is 13.7. The summed E-state index contributed by atoms with van der Waals surface area (Å²) in [4.78, 5) is 53.5. The molecule has 3 aliphatic rings. The largest absolute Gasteiger partial charge is 0.480 e. The van der Waals surface area contributed by atoms with Crippen LogP contribution < -0.4 is 0 Å². The van der Waals surface area contributed by atoms with Crippen LogP contribution in [0.2, 0.25) is 0 Å². The molecule has 13 heteroatoms. The highest BCUT2D eigenvalue weighted by atomic mass is 16.7. The van der Waals surface area contributed by atoms with Gasteiger partial charge in [-0.2, -0.15) is 0 Å². The first kappa shape index (κ1) is 48.6. The van der Waals surface area contributed by atoms with E-state index in [1.165, 1.54) is 14.2 Å². The summed E-state index contributed by atoms with van der Waals surface area (Å²) in [5, 5.41) is 42.6. The molecule has 0 radical (unpaired) electrons. The first-order valence-corrected chi connectivity index (χ1v) is 20.8. The number of Topliss-reactive ketones (excluding diaryl/α,β-unsaturated/α-hetero) is 2. The molecule has 57 heavy (non-hydrogen) atoms. The van der Waals surface area contributed by atoms with Gasteiger partial charge in [0.25, 0.3) is 11.7 Å². The number of nitrogens with zero attached hydrogens (tertiary/aromatic N) is 1. The number of likely N-dealkylation sites (tertiary alicyclic amines) is 1. The third-order valence-corrected chi connectivity index (χ3v) is 12.4. The van der Waals surface area contributed by atoms with Gasteiger partial charge in [-0.05, 0) is 102 Å². The van der Waals surface area contributed by atoms with Crippen molar-refractivity contribution in [2.75, 3.05) is 27.9 Å². The number of amides is 1. The molecule has 13 nitrogen and oxygen atoms in total. The van der Waals surface area contributed by atoms with Crippen LogP contribution in [0.3, 0.4) is 0 Å². The van der Waals surface area contributed by atoms with E-state index in [0.717, 1.165) is 28.9 Å². The van der Waals surface area contributed by atoms with Gasteiger partial charge in [0.15, 0.2) is 0 Å². The van der Waals surface area contributed by atoms with Gasteiger partial charge in [0.2, 0.25) is 5.79 Å². The van der Waals surface area contributed by atoms with Crippen LogP contribution in [0.1, 0.15) is 112 Å². The van der Waals surface area contributed by atoms with Gasteiger partial charge < -0.3 is 44.3 Å². The number of piperidine rings is 1. The van der Waals surface area contributed by atoms with Gasteiger partial charge in [0.1, 0.15) is 17.9 Å². The van der Waals surface area contributed by atoms with E-state index in [1.807, 2.05) is 33.8 Å². The summed E-state index contributed by atoms with van der Waals surface area (Å²) in [6.45, 7) is 13.5. The molecule has 0 spiro atoms. The lowest BCUT2D eigenvalue weighted by Crippen LogP contribution is -2.64. The Morgan fingerprint density at radius 3 is 2.26 bits per heavy atom. The van der Waals surface area contributed by atoms with Crippen molar-refractivity contribution in [1.82, 2.24) is 4.90 Å².